The van der Waals surface area contributed by atoms with E-state index < -0.39 is 16.8 Å². The van der Waals surface area contributed by atoms with E-state index in [0.29, 0.717) is 5.92 Å². The van der Waals surface area contributed by atoms with Crippen LogP contribution in [0.25, 0.3) is 0 Å². The minimum atomic E-state index is -1.04. The van der Waals surface area contributed by atoms with E-state index in [1.807, 2.05) is 20.8 Å². The molecule has 0 aromatic heterocycles. The Kier molecular flexibility index (Phi) is 5.21. The second kappa shape index (κ2) is 5.37. The first kappa shape index (κ1) is 12.6. The number of rotatable bonds is 5. The number of carboxylic acid groups (broad SMARTS) is 1. The first-order valence-corrected chi connectivity index (χ1v) is 5.75. The summed E-state index contributed by atoms with van der Waals surface area (Å²) < 4.78 is 11.7. The summed E-state index contributed by atoms with van der Waals surface area (Å²) in [5.74, 6) is -0.547. The summed E-state index contributed by atoms with van der Waals surface area (Å²) in [5.41, 5.74) is 0. The van der Waals surface area contributed by atoms with Crippen LogP contribution in [0, 0.1) is 5.92 Å². The molecule has 0 spiro atoms. The first-order chi connectivity index (χ1) is 5.86. The Morgan fingerprint density at radius 2 is 1.77 bits per heavy atom. The van der Waals surface area contributed by atoms with Gasteiger partial charge in [-0.15, -0.1) is 0 Å². The zero-order valence-corrected chi connectivity index (χ0v) is 9.43. The summed E-state index contributed by atoms with van der Waals surface area (Å²) >= 11 is 0. The number of hydrogen-bond donors (Lipinski definition) is 1. The fourth-order valence-electron chi connectivity index (χ4n) is 0.963. The second-order valence-corrected chi connectivity index (χ2v) is 5.89. The maximum atomic E-state index is 11.7. The van der Waals surface area contributed by atoms with E-state index in [-0.39, 0.29) is 16.9 Å². The van der Waals surface area contributed by atoms with Crippen molar-refractivity contribution in [2.45, 2.75) is 44.6 Å². The summed E-state index contributed by atoms with van der Waals surface area (Å²) in [4.78, 5) is 10.4. The summed E-state index contributed by atoms with van der Waals surface area (Å²) in [7, 11) is -1.04. The molecule has 0 amide bonds. The second-order valence-electron chi connectivity index (χ2n) is 3.69. The Morgan fingerprint density at radius 1 is 1.31 bits per heavy atom. The van der Waals surface area contributed by atoms with Crippen LogP contribution in [-0.2, 0) is 15.6 Å². The molecule has 0 radical (unpaired) electrons. The average Bonchev–Trinajstić information content (AvgIpc) is 2.00. The molecule has 3 atom stereocenters. The standard InChI is InChI=1S/C9H18O3S/c1-6(2)8(4)13(12)7(3)5-9(10)11/h6-8H,5H2,1-4H3,(H,10,11). The number of carbonyl (C=O) groups is 1. The summed E-state index contributed by atoms with van der Waals surface area (Å²) in [5, 5.41) is 8.33. The predicted octanol–water partition coefficient (Wildman–Crippen LogP) is 1.64. The Bertz CT molecular complexity index is 201. The fourth-order valence-corrected chi connectivity index (χ4v) is 2.54. The van der Waals surface area contributed by atoms with Crippen LogP contribution in [0.15, 0.2) is 0 Å². The SMILES string of the molecule is CC(C)C(C)S(=O)C(C)CC(=O)O. The number of aliphatic carboxylic acids is 1. The highest BCUT2D eigenvalue weighted by Crippen LogP contribution is 2.14. The van der Waals surface area contributed by atoms with E-state index >= 15 is 0 Å². The van der Waals surface area contributed by atoms with Crippen LogP contribution >= 0.6 is 0 Å². The molecule has 0 aliphatic rings. The van der Waals surface area contributed by atoms with Crippen LogP contribution < -0.4 is 0 Å². The Hall–Kier alpha value is -0.380. The lowest BCUT2D eigenvalue weighted by Gasteiger charge is -2.18. The topological polar surface area (TPSA) is 54.4 Å². The summed E-state index contributed by atoms with van der Waals surface area (Å²) in [6.07, 6.45) is -0.0102. The van der Waals surface area contributed by atoms with Crippen molar-refractivity contribution in [2.75, 3.05) is 0 Å². The number of hydrogen-bond acceptors (Lipinski definition) is 2. The van der Waals surface area contributed by atoms with Gasteiger partial charge >= 0.3 is 5.97 Å². The van der Waals surface area contributed by atoms with Crippen LogP contribution in [0.5, 0.6) is 0 Å². The zero-order chi connectivity index (χ0) is 10.6. The maximum absolute atomic E-state index is 11.7. The molecule has 0 rings (SSSR count). The molecule has 3 nitrogen and oxygen atoms in total. The van der Waals surface area contributed by atoms with Crippen molar-refractivity contribution in [3.8, 4) is 0 Å². The first-order valence-electron chi connectivity index (χ1n) is 4.47. The van der Waals surface area contributed by atoms with E-state index in [1.54, 1.807) is 6.92 Å². The van der Waals surface area contributed by atoms with Gasteiger partial charge in [0.05, 0.1) is 6.42 Å². The molecule has 1 N–H and O–H groups in total. The lowest BCUT2D eigenvalue weighted by atomic mass is 10.2. The van der Waals surface area contributed by atoms with Crippen molar-refractivity contribution in [1.82, 2.24) is 0 Å². The van der Waals surface area contributed by atoms with Crippen molar-refractivity contribution >= 4 is 16.8 Å². The molecule has 0 heterocycles. The molecule has 0 saturated heterocycles. The zero-order valence-electron chi connectivity index (χ0n) is 8.61. The van der Waals surface area contributed by atoms with Gasteiger partial charge in [0.1, 0.15) is 0 Å². The lowest BCUT2D eigenvalue weighted by Crippen LogP contribution is -2.27. The van der Waals surface area contributed by atoms with Crippen LogP contribution in [0.4, 0.5) is 0 Å². The van der Waals surface area contributed by atoms with Gasteiger partial charge in [0.25, 0.3) is 0 Å². The maximum Gasteiger partial charge on any atom is 0.304 e. The molecule has 3 unspecified atom stereocenters. The molecule has 0 aliphatic carbocycles. The number of carboxylic acids is 1. The van der Waals surface area contributed by atoms with Crippen LogP contribution in [-0.4, -0.2) is 25.8 Å². The van der Waals surface area contributed by atoms with E-state index in [4.69, 9.17) is 5.11 Å². The van der Waals surface area contributed by atoms with Crippen molar-refractivity contribution in [2.24, 2.45) is 5.92 Å². The van der Waals surface area contributed by atoms with Crippen molar-refractivity contribution in [3.63, 3.8) is 0 Å². The van der Waals surface area contributed by atoms with E-state index in [2.05, 4.69) is 0 Å². The highest BCUT2D eigenvalue weighted by Gasteiger charge is 2.22. The predicted molar refractivity (Wildman–Crippen MR) is 54.2 cm³/mol. The molecular formula is C9H18O3S. The third kappa shape index (κ3) is 4.41. The van der Waals surface area contributed by atoms with Crippen molar-refractivity contribution < 1.29 is 14.1 Å². The molecule has 13 heavy (non-hydrogen) atoms. The highest BCUT2D eigenvalue weighted by atomic mass is 32.2. The molecule has 0 aromatic carbocycles. The Morgan fingerprint density at radius 3 is 2.08 bits per heavy atom. The molecule has 4 heteroatoms. The van der Waals surface area contributed by atoms with Gasteiger partial charge in [0.2, 0.25) is 0 Å². The van der Waals surface area contributed by atoms with Gasteiger partial charge < -0.3 is 5.11 Å². The lowest BCUT2D eigenvalue weighted by molar-refractivity contribution is -0.136. The van der Waals surface area contributed by atoms with E-state index in [9.17, 15) is 9.00 Å². The third-order valence-corrected chi connectivity index (χ3v) is 4.40. The molecule has 0 bridgehead atoms. The Balaban J connectivity index is 4.17. The highest BCUT2D eigenvalue weighted by molar-refractivity contribution is 7.86. The van der Waals surface area contributed by atoms with Crippen LogP contribution in [0.1, 0.15) is 34.1 Å². The van der Waals surface area contributed by atoms with Crippen LogP contribution in [0.3, 0.4) is 0 Å². The van der Waals surface area contributed by atoms with Gasteiger partial charge in [-0.25, -0.2) is 0 Å². The third-order valence-electron chi connectivity index (χ3n) is 2.16. The minimum Gasteiger partial charge on any atom is -0.481 e. The van der Waals surface area contributed by atoms with Gasteiger partial charge in [-0.3, -0.25) is 9.00 Å². The van der Waals surface area contributed by atoms with Crippen molar-refractivity contribution in [3.05, 3.63) is 0 Å². The minimum absolute atomic E-state index is 0.0102. The van der Waals surface area contributed by atoms with Gasteiger partial charge in [0.15, 0.2) is 0 Å². The van der Waals surface area contributed by atoms with E-state index in [0.717, 1.165) is 0 Å². The fraction of sp³-hybridized carbons (Fsp3) is 0.889. The normalized spacial score (nSPS) is 18.2. The molecule has 0 saturated carbocycles. The van der Waals surface area contributed by atoms with Gasteiger partial charge in [0, 0.05) is 21.3 Å². The molecular weight excluding hydrogens is 188 g/mol. The molecule has 0 aromatic rings. The smallest absolute Gasteiger partial charge is 0.304 e. The Labute approximate surface area is 82.0 Å². The van der Waals surface area contributed by atoms with Crippen molar-refractivity contribution in [1.29, 1.82) is 0 Å². The summed E-state index contributed by atoms with van der Waals surface area (Å²) in [6.45, 7) is 7.62. The van der Waals surface area contributed by atoms with Gasteiger partial charge in [-0.05, 0) is 5.92 Å². The van der Waals surface area contributed by atoms with Gasteiger partial charge in [-0.2, -0.15) is 0 Å². The van der Waals surface area contributed by atoms with Crippen LogP contribution in [0.2, 0.25) is 0 Å². The summed E-state index contributed by atoms with van der Waals surface area (Å²) in [6, 6.07) is 0. The monoisotopic (exact) mass is 206 g/mol. The molecule has 78 valence electrons. The quantitative estimate of drug-likeness (QED) is 0.744. The molecule has 0 aliphatic heterocycles. The average molecular weight is 206 g/mol. The largest absolute Gasteiger partial charge is 0.481 e. The van der Waals surface area contributed by atoms with Gasteiger partial charge in [-0.1, -0.05) is 27.7 Å². The van der Waals surface area contributed by atoms with E-state index in [1.165, 1.54) is 0 Å². The molecule has 0 fully saturated rings.